The smallest absolute Gasteiger partial charge is 0.412 e. The summed E-state index contributed by atoms with van der Waals surface area (Å²) in [4.78, 5) is 10.5. The average Bonchev–Trinajstić information content (AvgIpc) is 2.03. The summed E-state index contributed by atoms with van der Waals surface area (Å²) >= 11 is 0. The average molecular weight is 207 g/mol. The Morgan fingerprint density at radius 2 is 1.86 bits per heavy atom. The third-order valence-corrected chi connectivity index (χ3v) is 1.47. The predicted octanol–water partition coefficient (Wildman–Crippen LogP) is 0.980. The second-order valence-corrected chi connectivity index (χ2v) is 2.44. The van der Waals surface area contributed by atoms with Crippen LogP contribution in [0.5, 0.6) is 0 Å². The van der Waals surface area contributed by atoms with Gasteiger partial charge in [0, 0.05) is 5.56 Å². The summed E-state index contributed by atoms with van der Waals surface area (Å²) < 4.78 is 36.2. The number of benzene rings is 1. The molecule has 1 aromatic rings. The molecule has 78 valence electrons. The second kappa shape index (κ2) is 4.10. The number of amides is 1. The van der Waals surface area contributed by atoms with Crippen LogP contribution in [0.3, 0.4) is 0 Å². The molecular formula is C8H8F3NO2. The molecule has 0 atom stereocenters. The molecule has 0 bridgehead atoms. The van der Waals surface area contributed by atoms with Gasteiger partial charge in [0.1, 0.15) is 0 Å². The SMILES string of the molecule is NC(=O)c1cccc(C(F)(F)F)c1.O. The van der Waals surface area contributed by atoms with Crippen LogP contribution in [-0.2, 0) is 6.18 Å². The molecule has 0 unspecified atom stereocenters. The summed E-state index contributed by atoms with van der Waals surface area (Å²) in [5.41, 5.74) is 3.80. The highest BCUT2D eigenvalue weighted by atomic mass is 19.4. The van der Waals surface area contributed by atoms with Gasteiger partial charge in [-0.05, 0) is 18.2 Å². The summed E-state index contributed by atoms with van der Waals surface area (Å²) in [6.45, 7) is 0. The molecular weight excluding hydrogens is 199 g/mol. The lowest BCUT2D eigenvalue weighted by atomic mass is 10.1. The first-order valence-corrected chi connectivity index (χ1v) is 3.38. The van der Waals surface area contributed by atoms with Crippen LogP contribution in [0.1, 0.15) is 15.9 Å². The van der Waals surface area contributed by atoms with Gasteiger partial charge in [-0.25, -0.2) is 0 Å². The lowest BCUT2D eigenvalue weighted by molar-refractivity contribution is -0.137. The summed E-state index contributed by atoms with van der Waals surface area (Å²) in [6, 6.07) is 3.98. The van der Waals surface area contributed by atoms with Gasteiger partial charge in [-0.2, -0.15) is 13.2 Å². The molecule has 0 heterocycles. The standard InChI is InChI=1S/C8H6F3NO.H2O/c9-8(10,11)6-3-1-2-5(4-6)7(12)13;/h1-4H,(H2,12,13);1H2. The number of halogens is 3. The minimum absolute atomic E-state index is 0. The molecule has 0 aromatic heterocycles. The Hall–Kier alpha value is -1.56. The molecule has 14 heavy (non-hydrogen) atoms. The third kappa shape index (κ3) is 2.74. The number of carbonyl (C=O) groups excluding carboxylic acids is 1. The van der Waals surface area contributed by atoms with E-state index in [2.05, 4.69) is 0 Å². The molecule has 4 N–H and O–H groups in total. The van der Waals surface area contributed by atoms with Crippen LogP contribution in [0.2, 0.25) is 0 Å². The van der Waals surface area contributed by atoms with Crippen molar-refractivity contribution < 1.29 is 23.4 Å². The van der Waals surface area contributed by atoms with Gasteiger partial charge in [0.25, 0.3) is 0 Å². The Balaban J connectivity index is 0.00000169. The maximum atomic E-state index is 12.1. The van der Waals surface area contributed by atoms with Crippen molar-refractivity contribution in [1.82, 2.24) is 0 Å². The van der Waals surface area contributed by atoms with E-state index in [1.165, 1.54) is 6.07 Å². The van der Waals surface area contributed by atoms with Crippen LogP contribution in [0.4, 0.5) is 13.2 Å². The van der Waals surface area contributed by atoms with E-state index in [0.717, 1.165) is 18.2 Å². The number of nitrogens with two attached hydrogens (primary N) is 1. The van der Waals surface area contributed by atoms with Crippen molar-refractivity contribution in [3.8, 4) is 0 Å². The summed E-state index contributed by atoms with van der Waals surface area (Å²) in [6.07, 6.45) is -4.44. The fourth-order valence-electron chi connectivity index (χ4n) is 0.849. The van der Waals surface area contributed by atoms with E-state index in [1.807, 2.05) is 0 Å². The van der Waals surface area contributed by atoms with Gasteiger partial charge in [0.2, 0.25) is 5.91 Å². The highest BCUT2D eigenvalue weighted by Crippen LogP contribution is 2.29. The van der Waals surface area contributed by atoms with Crippen molar-refractivity contribution in [2.45, 2.75) is 6.18 Å². The van der Waals surface area contributed by atoms with E-state index in [4.69, 9.17) is 5.73 Å². The van der Waals surface area contributed by atoms with Gasteiger partial charge in [-0.3, -0.25) is 4.79 Å². The Morgan fingerprint density at radius 1 is 1.29 bits per heavy atom. The first-order chi connectivity index (χ1) is 5.91. The zero-order valence-electron chi connectivity index (χ0n) is 6.93. The minimum atomic E-state index is -4.44. The van der Waals surface area contributed by atoms with Crippen LogP contribution >= 0.6 is 0 Å². The number of primary amides is 1. The molecule has 0 saturated heterocycles. The van der Waals surface area contributed by atoms with E-state index >= 15 is 0 Å². The molecule has 0 radical (unpaired) electrons. The monoisotopic (exact) mass is 207 g/mol. The molecule has 1 rings (SSSR count). The van der Waals surface area contributed by atoms with Crippen LogP contribution < -0.4 is 5.73 Å². The number of carbonyl (C=O) groups is 1. The van der Waals surface area contributed by atoms with Crippen molar-refractivity contribution in [2.75, 3.05) is 0 Å². The van der Waals surface area contributed by atoms with E-state index in [0.29, 0.717) is 0 Å². The number of hydrogen-bond acceptors (Lipinski definition) is 1. The number of hydrogen-bond donors (Lipinski definition) is 1. The van der Waals surface area contributed by atoms with Crippen molar-refractivity contribution in [2.24, 2.45) is 5.73 Å². The van der Waals surface area contributed by atoms with Crippen LogP contribution in [0.25, 0.3) is 0 Å². The van der Waals surface area contributed by atoms with Gasteiger partial charge >= 0.3 is 6.18 Å². The van der Waals surface area contributed by atoms with Crippen LogP contribution in [-0.4, -0.2) is 11.4 Å². The van der Waals surface area contributed by atoms with Gasteiger partial charge < -0.3 is 11.2 Å². The van der Waals surface area contributed by atoms with Crippen molar-refractivity contribution >= 4 is 5.91 Å². The number of rotatable bonds is 1. The van der Waals surface area contributed by atoms with Gasteiger partial charge in [0.05, 0.1) is 5.56 Å². The maximum Gasteiger partial charge on any atom is 0.416 e. The molecule has 0 aliphatic heterocycles. The van der Waals surface area contributed by atoms with Gasteiger partial charge in [-0.15, -0.1) is 0 Å². The fraction of sp³-hybridized carbons (Fsp3) is 0.125. The quantitative estimate of drug-likeness (QED) is 0.732. The van der Waals surface area contributed by atoms with E-state index < -0.39 is 17.6 Å². The molecule has 0 aliphatic carbocycles. The van der Waals surface area contributed by atoms with Crippen molar-refractivity contribution in [3.05, 3.63) is 35.4 Å². The molecule has 6 heteroatoms. The topological polar surface area (TPSA) is 74.6 Å². The summed E-state index contributed by atoms with van der Waals surface area (Å²) in [5, 5.41) is 0. The zero-order valence-corrected chi connectivity index (χ0v) is 6.93. The molecule has 0 aliphatic rings. The van der Waals surface area contributed by atoms with Crippen molar-refractivity contribution in [1.29, 1.82) is 0 Å². The minimum Gasteiger partial charge on any atom is -0.412 e. The summed E-state index contributed by atoms with van der Waals surface area (Å²) in [7, 11) is 0. The van der Waals surface area contributed by atoms with Gasteiger partial charge in [0.15, 0.2) is 0 Å². The number of alkyl halides is 3. The van der Waals surface area contributed by atoms with Crippen molar-refractivity contribution in [3.63, 3.8) is 0 Å². The summed E-state index contributed by atoms with van der Waals surface area (Å²) in [5.74, 6) is -0.869. The molecule has 0 fully saturated rings. The Kier molecular flexibility index (Phi) is 3.64. The van der Waals surface area contributed by atoms with Gasteiger partial charge in [-0.1, -0.05) is 6.07 Å². The predicted molar refractivity (Wildman–Crippen MR) is 43.6 cm³/mol. The molecule has 0 saturated carbocycles. The molecule has 0 spiro atoms. The highest BCUT2D eigenvalue weighted by Gasteiger charge is 2.30. The first-order valence-electron chi connectivity index (χ1n) is 3.38. The van der Waals surface area contributed by atoms with Crippen LogP contribution in [0.15, 0.2) is 24.3 Å². The molecule has 1 aromatic carbocycles. The van der Waals surface area contributed by atoms with E-state index in [-0.39, 0.29) is 11.0 Å². The highest BCUT2D eigenvalue weighted by molar-refractivity contribution is 5.92. The lowest BCUT2D eigenvalue weighted by Crippen LogP contribution is -2.13. The lowest BCUT2D eigenvalue weighted by Gasteiger charge is -2.06. The normalized spacial score (nSPS) is 10.5. The largest absolute Gasteiger partial charge is 0.416 e. The van der Waals surface area contributed by atoms with E-state index in [1.54, 1.807) is 0 Å². The first kappa shape index (κ1) is 12.4. The maximum absolute atomic E-state index is 12.1. The Morgan fingerprint density at radius 3 is 2.29 bits per heavy atom. The molecule has 1 amide bonds. The Bertz CT molecular complexity index is 336. The molecule has 3 nitrogen and oxygen atoms in total. The second-order valence-electron chi connectivity index (χ2n) is 2.44. The fourth-order valence-corrected chi connectivity index (χ4v) is 0.849. The van der Waals surface area contributed by atoms with Crippen LogP contribution in [0, 0.1) is 0 Å². The third-order valence-electron chi connectivity index (χ3n) is 1.47. The Labute approximate surface area is 77.6 Å². The van der Waals surface area contributed by atoms with E-state index in [9.17, 15) is 18.0 Å². The zero-order chi connectivity index (χ0) is 10.1.